The minimum atomic E-state index is 0.561. The molecule has 0 spiro atoms. The Morgan fingerprint density at radius 2 is 2.10 bits per heavy atom. The molecule has 1 aliphatic heterocycles. The number of nitrogens with zero attached hydrogens (tertiary/aromatic N) is 2. The van der Waals surface area contributed by atoms with E-state index >= 15 is 0 Å². The van der Waals surface area contributed by atoms with Crippen LogP contribution in [0.25, 0.3) is 0 Å². The second-order valence-corrected chi connectivity index (χ2v) is 8.62. The number of rotatable bonds is 11. The summed E-state index contributed by atoms with van der Waals surface area (Å²) < 4.78 is 11.3. The van der Waals surface area contributed by atoms with Crippen LogP contribution in [0, 0.1) is 18.8 Å². The highest BCUT2D eigenvalue weighted by atomic mass is 16.5. The van der Waals surface area contributed by atoms with Crippen LogP contribution < -0.4 is 15.4 Å². The van der Waals surface area contributed by atoms with Crippen molar-refractivity contribution in [3.63, 3.8) is 0 Å². The van der Waals surface area contributed by atoms with Crippen LogP contribution in [0.4, 0.5) is 0 Å². The molecule has 1 aromatic carbocycles. The molecule has 0 aliphatic carbocycles. The van der Waals surface area contributed by atoms with E-state index in [4.69, 9.17) is 9.47 Å². The maximum Gasteiger partial charge on any atom is 0.191 e. The number of aliphatic imine (C=N–C) groups is 1. The molecule has 2 N–H and O–H groups in total. The molecule has 0 bridgehead atoms. The highest BCUT2D eigenvalue weighted by Crippen LogP contribution is 2.20. The Hall–Kier alpha value is -1.79. The van der Waals surface area contributed by atoms with Crippen LogP contribution in [0.5, 0.6) is 5.75 Å². The SMILES string of the molecule is CCOCCOc1cc(C)ccc1CNC(=NC)NCC1CCCN(CC(C)C)C1. The predicted molar refractivity (Wildman–Crippen MR) is 125 cm³/mol. The van der Waals surface area contributed by atoms with Crippen LogP contribution in [0.2, 0.25) is 0 Å². The average molecular weight is 419 g/mol. The Balaban J connectivity index is 1.82. The van der Waals surface area contributed by atoms with Crippen LogP contribution in [0.3, 0.4) is 0 Å². The topological polar surface area (TPSA) is 58.1 Å². The lowest BCUT2D eigenvalue weighted by Crippen LogP contribution is -2.45. The van der Waals surface area contributed by atoms with E-state index in [-0.39, 0.29) is 0 Å². The molecule has 0 aromatic heterocycles. The fraction of sp³-hybridized carbons (Fsp3) is 0.708. The lowest BCUT2D eigenvalue weighted by atomic mass is 9.97. The van der Waals surface area contributed by atoms with Crippen molar-refractivity contribution in [1.29, 1.82) is 0 Å². The standard InChI is InChI=1S/C24H42N4O2/c1-6-29-12-13-30-23-14-20(4)9-10-22(23)16-27-24(25-5)26-15-21-8-7-11-28(18-21)17-19(2)3/h9-10,14,19,21H,6-8,11-13,15-18H2,1-5H3,(H2,25,26,27). The van der Waals surface area contributed by atoms with Gasteiger partial charge in [-0.1, -0.05) is 26.0 Å². The molecular formula is C24H42N4O2. The Labute approximate surface area is 183 Å². The van der Waals surface area contributed by atoms with Crippen molar-refractivity contribution < 1.29 is 9.47 Å². The molecule has 1 atom stereocenters. The number of nitrogens with one attached hydrogen (secondary N) is 2. The first-order chi connectivity index (χ1) is 14.5. The van der Waals surface area contributed by atoms with Gasteiger partial charge in [0.05, 0.1) is 6.61 Å². The molecule has 0 amide bonds. The van der Waals surface area contributed by atoms with Gasteiger partial charge < -0.3 is 25.0 Å². The lowest BCUT2D eigenvalue weighted by molar-refractivity contribution is 0.110. The van der Waals surface area contributed by atoms with E-state index in [9.17, 15) is 0 Å². The smallest absolute Gasteiger partial charge is 0.191 e. The summed E-state index contributed by atoms with van der Waals surface area (Å²) in [5.74, 6) is 3.16. The Morgan fingerprint density at radius 1 is 1.27 bits per heavy atom. The first kappa shape index (κ1) is 24.5. The summed E-state index contributed by atoms with van der Waals surface area (Å²) in [6, 6.07) is 6.33. The van der Waals surface area contributed by atoms with Gasteiger partial charge in [0.25, 0.3) is 0 Å². The van der Waals surface area contributed by atoms with Gasteiger partial charge in [0.2, 0.25) is 0 Å². The maximum absolute atomic E-state index is 5.95. The number of hydrogen-bond acceptors (Lipinski definition) is 4. The van der Waals surface area contributed by atoms with Crippen molar-refractivity contribution in [1.82, 2.24) is 15.5 Å². The first-order valence-corrected chi connectivity index (χ1v) is 11.5. The van der Waals surface area contributed by atoms with Gasteiger partial charge in [0.15, 0.2) is 5.96 Å². The van der Waals surface area contributed by atoms with Gasteiger partial charge in [-0.05, 0) is 56.7 Å². The van der Waals surface area contributed by atoms with E-state index in [1.807, 2.05) is 14.0 Å². The molecule has 1 saturated heterocycles. The molecular weight excluding hydrogens is 376 g/mol. The Morgan fingerprint density at radius 3 is 2.83 bits per heavy atom. The van der Waals surface area contributed by atoms with Crippen LogP contribution in [0.1, 0.15) is 44.7 Å². The number of ether oxygens (including phenoxy) is 2. The maximum atomic E-state index is 5.95. The van der Waals surface area contributed by atoms with E-state index in [0.29, 0.717) is 32.3 Å². The third kappa shape index (κ3) is 8.92. The summed E-state index contributed by atoms with van der Waals surface area (Å²) in [5.41, 5.74) is 2.32. The number of likely N-dealkylation sites (tertiary alicyclic amines) is 1. The highest BCUT2D eigenvalue weighted by molar-refractivity contribution is 5.79. The molecule has 170 valence electrons. The zero-order chi connectivity index (χ0) is 21.8. The molecule has 1 fully saturated rings. The van der Waals surface area contributed by atoms with Gasteiger partial charge in [-0.3, -0.25) is 4.99 Å². The van der Waals surface area contributed by atoms with Crippen LogP contribution in [0.15, 0.2) is 23.2 Å². The molecule has 1 aliphatic rings. The largest absolute Gasteiger partial charge is 0.491 e. The molecule has 2 rings (SSSR count). The average Bonchev–Trinajstić information content (AvgIpc) is 2.72. The zero-order valence-corrected chi connectivity index (χ0v) is 19.7. The minimum Gasteiger partial charge on any atom is -0.491 e. The van der Waals surface area contributed by atoms with Crippen LogP contribution in [-0.4, -0.2) is 63.9 Å². The molecule has 1 aromatic rings. The van der Waals surface area contributed by atoms with Crippen LogP contribution in [-0.2, 0) is 11.3 Å². The van der Waals surface area contributed by atoms with Gasteiger partial charge in [-0.2, -0.15) is 0 Å². The molecule has 1 heterocycles. The number of piperidine rings is 1. The third-order valence-electron chi connectivity index (χ3n) is 5.37. The number of guanidine groups is 1. The monoisotopic (exact) mass is 418 g/mol. The van der Waals surface area contributed by atoms with Gasteiger partial charge in [0, 0.05) is 45.4 Å². The van der Waals surface area contributed by atoms with Gasteiger partial charge in [-0.25, -0.2) is 0 Å². The molecule has 0 radical (unpaired) electrons. The van der Waals surface area contributed by atoms with Crippen molar-refractivity contribution in [2.75, 3.05) is 53.0 Å². The van der Waals surface area contributed by atoms with Crippen molar-refractivity contribution in [3.05, 3.63) is 29.3 Å². The minimum absolute atomic E-state index is 0.561. The number of hydrogen-bond donors (Lipinski definition) is 2. The van der Waals surface area contributed by atoms with Crippen molar-refractivity contribution >= 4 is 5.96 Å². The van der Waals surface area contributed by atoms with Gasteiger partial charge >= 0.3 is 0 Å². The molecule has 1 unspecified atom stereocenters. The summed E-state index contributed by atoms with van der Waals surface area (Å²) in [5, 5.41) is 6.97. The van der Waals surface area contributed by atoms with Gasteiger partial charge in [-0.15, -0.1) is 0 Å². The Bertz CT molecular complexity index is 648. The third-order valence-corrected chi connectivity index (χ3v) is 5.37. The normalized spacial score (nSPS) is 17.9. The van der Waals surface area contributed by atoms with Crippen molar-refractivity contribution in [2.45, 2.75) is 47.1 Å². The molecule has 30 heavy (non-hydrogen) atoms. The fourth-order valence-corrected chi connectivity index (χ4v) is 3.94. The number of benzene rings is 1. The first-order valence-electron chi connectivity index (χ1n) is 11.5. The van der Waals surface area contributed by atoms with E-state index in [2.05, 4.69) is 59.5 Å². The van der Waals surface area contributed by atoms with Crippen molar-refractivity contribution in [2.24, 2.45) is 16.8 Å². The van der Waals surface area contributed by atoms with Crippen LogP contribution >= 0.6 is 0 Å². The fourth-order valence-electron chi connectivity index (χ4n) is 3.94. The summed E-state index contributed by atoms with van der Waals surface area (Å²) in [6.07, 6.45) is 2.57. The molecule has 0 saturated carbocycles. The van der Waals surface area contributed by atoms with E-state index in [1.54, 1.807) is 0 Å². The number of aryl methyl sites for hydroxylation is 1. The lowest BCUT2D eigenvalue weighted by Gasteiger charge is -2.34. The van der Waals surface area contributed by atoms with Gasteiger partial charge in [0.1, 0.15) is 12.4 Å². The highest BCUT2D eigenvalue weighted by Gasteiger charge is 2.20. The zero-order valence-electron chi connectivity index (χ0n) is 19.7. The van der Waals surface area contributed by atoms with Crippen molar-refractivity contribution in [3.8, 4) is 5.75 Å². The summed E-state index contributed by atoms with van der Waals surface area (Å²) in [7, 11) is 1.83. The summed E-state index contributed by atoms with van der Waals surface area (Å²) in [6.45, 7) is 15.8. The van der Waals surface area contributed by atoms with E-state index < -0.39 is 0 Å². The Kier molecular flexibility index (Phi) is 11.0. The van der Waals surface area contributed by atoms with E-state index in [1.165, 1.54) is 38.0 Å². The predicted octanol–water partition coefficient (Wildman–Crippen LogP) is 3.44. The second kappa shape index (κ2) is 13.5. The summed E-state index contributed by atoms with van der Waals surface area (Å²) in [4.78, 5) is 7.01. The summed E-state index contributed by atoms with van der Waals surface area (Å²) >= 11 is 0. The molecule has 6 nitrogen and oxygen atoms in total. The molecule has 6 heteroatoms. The second-order valence-electron chi connectivity index (χ2n) is 8.62. The van der Waals surface area contributed by atoms with E-state index in [0.717, 1.165) is 29.7 Å². The quantitative estimate of drug-likeness (QED) is 0.327.